The molecule has 0 saturated carbocycles. The van der Waals surface area contributed by atoms with Crippen molar-refractivity contribution < 1.29 is 14.3 Å². The van der Waals surface area contributed by atoms with Gasteiger partial charge in [-0.3, -0.25) is 0 Å². The summed E-state index contributed by atoms with van der Waals surface area (Å²) in [5.74, 6) is 0.600. The van der Waals surface area contributed by atoms with E-state index in [1.54, 1.807) is 13.0 Å². The molecule has 1 aromatic carbocycles. The number of hydrogen-bond acceptors (Lipinski definition) is 3. The molecule has 1 heterocycles. The van der Waals surface area contributed by atoms with E-state index in [2.05, 4.69) is 11.5 Å². The Kier molecular flexibility index (Phi) is 5.43. The summed E-state index contributed by atoms with van der Waals surface area (Å²) in [6, 6.07) is 8.06. The third-order valence-corrected chi connectivity index (χ3v) is 3.08. The van der Waals surface area contributed by atoms with Gasteiger partial charge in [0.1, 0.15) is 5.75 Å². The first-order chi connectivity index (χ1) is 10.3. The van der Waals surface area contributed by atoms with Crippen molar-refractivity contribution in [3.8, 4) is 5.75 Å². The predicted molar refractivity (Wildman–Crippen MR) is 83.5 cm³/mol. The average Bonchev–Trinajstić information content (AvgIpc) is 2.89. The molecule has 4 nitrogen and oxygen atoms in total. The number of fused-ring (bicyclic) bond motifs is 1. The maximum absolute atomic E-state index is 11.3. The first-order valence-corrected chi connectivity index (χ1v) is 7.30. The van der Waals surface area contributed by atoms with Crippen LogP contribution in [-0.4, -0.2) is 23.8 Å². The lowest BCUT2D eigenvalue weighted by Gasteiger charge is -2.07. The third kappa shape index (κ3) is 3.88. The summed E-state index contributed by atoms with van der Waals surface area (Å²) in [6.07, 6.45) is 6.25. The number of carbonyl (C=O) groups is 1. The maximum Gasteiger partial charge on any atom is 0.330 e. The smallest absolute Gasteiger partial charge is 0.330 e. The Morgan fingerprint density at radius 2 is 2.14 bits per heavy atom. The van der Waals surface area contributed by atoms with Crippen LogP contribution in [0.25, 0.3) is 10.9 Å². The van der Waals surface area contributed by atoms with Crippen molar-refractivity contribution in [1.29, 1.82) is 0 Å². The monoisotopic (exact) mass is 287 g/mol. The summed E-state index contributed by atoms with van der Waals surface area (Å²) in [4.78, 5) is 11.3. The van der Waals surface area contributed by atoms with E-state index in [0.717, 1.165) is 23.1 Å². The zero-order chi connectivity index (χ0) is 15.1. The second-order valence-corrected chi connectivity index (χ2v) is 4.66. The zero-order valence-corrected chi connectivity index (χ0v) is 12.5. The predicted octanol–water partition coefficient (Wildman–Crippen LogP) is 3.55. The van der Waals surface area contributed by atoms with Gasteiger partial charge in [0.2, 0.25) is 0 Å². The van der Waals surface area contributed by atoms with Crippen molar-refractivity contribution in [2.24, 2.45) is 0 Å². The van der Waals surface area contributed by atoms with Gasteiger partial charge in [0.25, 0.3) is 0 Å². The van der Waals surface area contributed by atoms with Crippen LogP contribution >= 0.6 is 0 Å². The Hall–Kier alpha value is -2.23. The van der Waals surface area contributed by atoms with Gasteiger partial charge in [-0.25, -0.2) is 4.79 Å². The highest BCUT2D eigenvalue weighted by atomic mass is 16.5. The van der Waals surface area contributed by atoms with Crippen LogP contribution < -0.4 is 4.74 Å². The van der Waals surface area contributed by atoms with Gasteiger partial charge in [0, 0.05) is 24.2 Å². The second-order valence-electron chi connectivity index (χ2n) is 4.66. The van der Waals surface area contributed by atoms with Gasteiger partial charge < -0.3 is 14.0 Å². The van der Waals surface area contributed by atoms with E-state index >= 15 is 0 Å². The molecule has 0 atom stereocenters. The largest absolute Gasteiger partial charge is 0.493 e. The van der Waals surface area contributed by atoms with Crippen LogP contribution in [0.5, 0.6) is 5.75 Å². The van der Waals surface area contributed by atoms with Crippen LogP contribution in [0.15, 0.2) is 42.6 Å². The highest BCUT2D eigenvalue weighted by Gasteiger charge is 2.05. The first-order valence-electron chi connectivity index (χ1n) is 7.30. The van der Waals surface area contributed by atoms with E-state index in [9.17, 15) is 4.79 Å². The van der Waals surface area contributed by atoms with Crippen LogP contribution in [-0.2, 0) is 16.1 Å². The molecule has 0 bridgehead atoms. The molecule has 0 radical (unpaired) electrons. The van der Waals surface area contributed by atoms with E-state index in [1.165, 1.54) is 6.08 Å². The average molecular weight is 287 g/mol. The molecule has 0 saturated heterocycles. The number of esters is 1. The summed E-state index contributed by atoms with van der Waals surface area (Å²) < 4.78 is 12.7. The first kappa shape index (κ1) is 15.2. The number of aromatic nitrogens is 1. The lowest BCUT2D eigenvalue weighted by Crippen LogP contribution is -2.00. The third-order valence-electron chi connectivity index (χ3n) is 3.08. The van der Waals surface area contributed by atoms with Gasteiger partial charge >= 0.3 is 5.97 Å². The lowest BCUT2D eigenvalue weighted by atomic mass is 10.2. The highest BCUT2D eigenvalue weighted by molar-refractivity contribution is 5.86. The van der Waals surface area contributed by atoms with E-state index in [0.29, 0.717) is 19.8 Å². The van der Waals surface area contributed by atoms with Crippen molar-refractivity contribution in [1.82, 2.24) is 4.57 Å². The minimum atomic E-state index is -0.305. The van der Waals surface area contributed by atoms with Crippen LogP contribution in [0.1, 0.15) is 20.3 Å². The minimum absolute atomic E-state index is 0.305. The Bertz CT molecular complexity index is 628. The second kappa shape index (κ2) is 7.53. The fraction of sp³-hybridized carbons (Fsp3) is 0.353. The van der Waals surface area contributed by atoms with Crippen LogP contribution in [0, 0.1) is 0 Å². The van der Waals surface area contributed by atoms with E-state index in [1.807, 2.05) is 30.5 Å². The molecule has 0 amide bonds. The summed E-state index contributed by atoms with van der Waals surface area (Å²) in [7, 11) is 0. The molecule has 0 aliphatic carbocycles. The van der Waals surface area contributed by atoms with E-state index in [-0.39, 0.29) is 5.97 Å². The van der Waals surface area contributed by atoms with Crippen molar-refractivity contribution in [2.75, 3.05) is 13.2 Å². The fourth-order valence-electron chi connectivity index (χ4n) is 2.15. The Balaban J connectivity index is 2.13. The summed E-state index contributed by atoms with van der Waals surface area (Å²) >= 11 is 0. The quantitative estimate of drug-likeness (QED) is 0.577. The normalized spacial score (nSPS) is 11.1. The molecule has 0 spiro atoms. The van der Waals surface area contributed by atoms with Gasteiger partial charge in [-0.05, 0) is 31.5 Å². The Morgan fingerprint density at radius 1 is 1.29 bits per heavy atom. The molecule has 0 unspecified atom stereocenters. The standard InChI is InChI=1S/C17H21NO3/c1-3-13-21-16-8-5-7-15-14(16)10-12-18(15)11-6-9-17(19)20-4-2/h5-10,12H,3-4,11,13H2,1-2H3/b9-6+. The number of hydrogen-bond donors (Lipinski definition) is 0. The lowest BCUT2D eigenvalue weighted by molar-refractivity contribution is -0.137. The molecule has 2 aromatic rings. The number of nitrogens with zero attached hydrogens (tertiary/aromatic N) is 1. The summed E-state index contributed by atoms with van der Waals surface area (Å²) in [5, 5.41) is 1.09. The van der Waals surface area contributed by atoms with Crippen molar-refractivity contribution >= 4 is 16.9 Å². The van der Waals surface area contributed by atoms with E-state index < -0.39 is 0 Å². The van der Waals surface area contributed by atoms with Crippen molar-refractivity contribution in [3.05, 3.63) is 42.6 Å². The van der Waals surface area contributed by atoms with Gasteiger partial charge in [0.15, 0.2) is 0 Å². The number of allylic oxidation sites excluding steroid dienone is 1. The van der Waals surface area contributed by atoms with Crippen LogP contribution in [0.3, 0.4) is 0 Å². The molecule has 2 rings (SSSR count). The molecule has 0 aliphatic heterocycles. The molecule has 0 aliphatic rings. The number of ether oxygens (including phenoxy) is 2. The number of rotatable bonds is 7. The molecule has 1 aromatic heterocycles. The fourth-order valence-corrected chi connectivity index (χ4v) is 2.15. The zero-order valence-electron chi connectivity index (χ0n) is 12.5. The Labute approximate surface area is 125 Å². The number of carbonyl (C=O) groups excluding carboxylic acids is 1. The van der Waals surface area contributed by atoms with Crippen molar-refractivity contribution in [3.63, 3.8) is 0 Å². The van der Waals surface area contributed by atoms with Gasteiger partial charge in [0.05, 0.1) is 18.7 Å². The minimum Gasteiger partial charge on any atom is -0.493 e. The van der Waals surface area contributed by atoms with Crippen LogP contribution in [0.4, 0.5) is 0 Å². The van der Waals surface area contributed by atoms with Crippen molar-refractivity contribution in [2.45, 2.75) is 26.8 Å². The van der Waals surface area contributed by atoms with Crippen LogP contribution in [0.2, 0.25) is 0 Å². The molecule has 21 heavy (non-hydrogen) atoms. The summed E-state index contributed by atoms with van der Waals surface area (Å²) in [6.45, 7) is 5.62. The van der Waals surface area contributed by atoms with Gasteiger partial charge in [-0.1, -0.05) is 19.1 Å². The number of benzene rings is 1. The molecule has 0 fully saturated rings. The summed E-state index contributed by atoms with van der Waals surface area (Å²) in [5.41, 5.74) is 1.09. The Morgan fingerprint density at radius 3 is 2.90 bits per heavy atom. The molecular weight excluding hydrogens is 266 g/mol. The molecule has 0 N–H and O–H groups in total. The SMILES string of the molecule is CCCOc1cccc2c1ccn2C/C=C/C(=O)OCC. The highest BCUT2D eigenvalue weighted by Crippen LogP contribution is 2.26. The topological polar surface area (TPSA) is 40.5 Å². The molecule has 112 valence electrons. The van der Waals surface area contributed by atoms with E-state index in [4.69, 9.17) is 9.47 Å². The molecule has 4 heteroatoms. The van der Waals surface area contributed by atoms with Gasteiger partial charge in [-0.15, -0.1) is 0 Å². The molecular formula is C17H21NO3. The maximum atomic E-state index is 11.3. The van der Waals surface area contributed by atoms with Gasteiger partial charge in [-0.2, -0.15) is 0 Å².